The monoisotopic (exact) mass is 146 g/mol. The van der Waals surface area contributed by atoms with Crippen molar-refractivity contribution in [3.8, 4) is 0 Å². The van der Waals surface area contributed by atoms with Gasteiger partial charge in [-0.05, 0) is 6.07 Å². The quantitative estimate of drug-likeness (QED) is 0.569. The van der Waals surface area contributed by atoms with Crippen LogP contribution in [0.25, 0.3) is 10.9 Å². The fraction of sp³-hybridized carbons (Fsp3) is 0.111. The molecule has 0 unspecified atom stereocenters. The average Bonchev–Trinajstić information content (AvgIpc) is 2.05. The summed E-state index contributed by atoms with van der Waals surface area (Å²) < 4.78 is 0. The molecule has 0 aliphatic heterocycles. The number of nitrogens with zero attached hydrogens (tertiary/aromatic N) is 2. The van der Waals surface area contributed by atoms with E-state index in [1.807, 2.05) is 30.5 Å². The highest BCUT2D eigenvalue weighted by molar-refractivity contribution is 5.76. The van der Waals surface area contributed by atoms with Crippen LogP contribution < -0.4 is 0 Å². The molecular weight excluding hydrogens is 136 g/mol. The van der Waals surface area contributed by atoms with Gasteiger partial charge in [-0.15, -0.1) is 0 Å². The maximum Gasteiger partial charge on any atom is 0.116 e. The van der Waals surface area contributed by atoms with E-state index in [1.54, 1.807) is 6.33 Å². The summed E-state index contributed by atoms with van der Waals surface area (Å²) in [6, 6.07) is 7.91. The van der Waals surface area contributed by atoms with Crippen molar-refractivity contribution in [3.05, 3.63) is 36.8 Å². The Morgan fingerprint density at radius 3 is 2.73 bits per heavy atom. The summed E-state index contributed by atoms with van der Waals surface area (Å²) in [5, 5.41) is 1.09. The van der Waals surface area contributed by atoms with E-state index in [2.05, 4.69) is 9.97 Å². The molecule has 2 rings (SSSR count). The normalized spacial score (nSPS) is 9.09. The Bertz CT molecular complexity index is 279. The number of para-hydroxylation sites is 1. The minimum absolute atomic E-state index is 0. The molecule has 11 heavy (non-hydrogen) atoms. The van der Waals surface area contributed by atoms with E-state index in [9.17, 15) is 0 Å². The average molecular weight is 146 g/mol. The van der Waals surface area contributed by atoms with Gasteiger partial charge in [0.25, 0.3) is 0 Å². The molecule has 2 nitrogen and oxygen atoms in total. The van der Waals surface area contributed by atoms with Gasteiger partial charge in [0, 0.05) is 11.6 Å². The molecule has 1 heterocycles. The molecule has 0 atom stereocenters. The molecule has 0 saturated heterocycles. The third-order valence-electron chi connectivity index (χ3n) is 1.41. The summed E-state index contributed by atoms with van der Waals surface area (Å²) in [4.78, 5) is 7.97. The van der Waals surface area contributed by atoms with Gasteiger partial charge in [0.1, 0.15) is 6.33 Å². The minimum atomic E-state index is 0. The first-order valence-electron chi connectivity index (χ1n) is 3.11. The van der Waals surface area contributed by atoms with Crippen LogP contribution >= 0.6 is 0 Å². The van der Waals surface area contributed by atoms with Gasteiger partial charge < -0.3 is 0 Å². The third-order valence-corrected chi connectivity index (χ3v) is 1.41. The maximum absolute atomic E-state index is 4.07. The number of fused-ring (bicyclic) bond motifs is 1. The van der Waals surface area contributed by atoms with E-state index >= 15 is 0 Å². The highest BCUT2D eigenvalue weighted by Gasteiger charge is 1.87. The van der Waals surface area contributed by atoms with E-state index in [0.29, 0.717) is 0 Å². The molecule has 1 aromatic carbocycles. The lowest BCUT2D eigenvalue weighted by atomic mass is 10.2. The number of hydrogen-bond donors (Lipinski definition) is 0. The Morgan fingerprint density at radius 2 is 1.91 bits per heavy atom. The molecule has 56 valence electrons. The van der Waals surface area contributed by atoms with Crippen molar-refractivity contribution in [2.45, 2.75) is 7.43 Å². The van der Waals surface area contributed by atoms with E-state index in [1.165, 1.54) is 0 Å². The van der Waals surface area contributed by atoms with Crippen molar-refractivity contribution in [2.24, 2.45) is 0 Å². The molecule has 0 aliphatic carbocycles. The molecule has 0 fully saturated rings. The van der Waals surface area contributed by atoms with E-state index in [0.717, 1.165) is 10.9 Å². The second-order valence-electron chi connectivity index (χ2n) is 2.08. The van der Waals surface area contributed by atoms with Gasteiger partial charge in [0.15, 0.2) is 0 Å². The smallest absolute Gasteiger partial charge is 0.116 e. The largest absolute Gasteiger partial charge is 0.244 e. The lowest BCUT2D eigenvalue weighted by molar-refractivity contribution is 1.22. The molecule has 0 amide bonds. The molecular formula is C9H10N2. The lowest BCUT2D eigenvalue weighted by Crippen LogP contribution is -1.77. The summed E-state index contributed by atoms with van der Waals surface area (Å²) in [6.07, 6.45) is 3.37. The Balaban J connectivity index is 0.000000605. The number of hydrogen-bond acceptors (Lipinski definition) is 2. The Labute approximate surface area is 65.9 Å². The number of aromatic nitrogens is 2. The van der Waals surface area contributed by atoms with Crippen molar-refractivity contribution in [1.29, 1.82) is 0 Å². The number of benzene rings is 1. The fourth-order valence-electron chi connectivity index (χ4n) is 0.923. The van der Waals surface area contributed by atoms with Crippen molar-refractivity contribution >= 4 is 10.9 Å². The summed E-state index contributed by atoms with van der Waals surface area (Å²) in [5.74, 6) is 0. The highest BCUT2D eigenvalue weighted by atomic mass is 14.8. The second-order valence-corrected chi connectivity index (χ2v) is 2.08. The molecule has 0 radical (unpaired) electrons. The van der Waals surface area contributed by atoms with Crippen LogP contribution in [0, 0.1) is 0 Å². The second kappa shape index (κ2) is 3.10. The van der Waals surface area contributed by atoms with Crippen LogP contribution in [0.2, 0.25) is 0 Å². The van der Waals surface area contributed by atoms with E-state index in [4.69, 9.17) is 0 Å². The zero-order valence-corrected chi connectivity index (χ0v) is 5.36. The van der Waals surface area contributed by atoms with Crippen LogP contribution in [0.1, 0.15) is 7.43 Å². The van der Waals surface area contributed by atoms with Gasteiger partial charge in [0.05, 0.1) is 5.52 Å². The van der Waals surface area contributed by atoms with Crippen molar-refractivity contribution in [2.75, 3.05) is 0 Å². The topological polar surface area (TPSA) is 25.8 Å². The van der Waals surface area contributed by atoms with Gasteiger partial charge in [-0.3, -0.25) is 0 Å². The van der Waals surface area contributed by atoms with Crippen LogP contribution in [0.3, 0.4) is 0 Å². The summed E-state index contributed by atoms with van der Waals surface area (Å²) in [5.41, 5.74) is 0.998. The predicted octanol–water partition coefficient (Wildman–Crippen LogP) is 2.27. The maximum atomic E-state index is 4.07. The number of rotatable bonds is 0. The van der Waals surface area contributed by atoms with Gasteiger partial charge >= 0.3 is 0 Å². The molecule has 0 N–H and O–H groups in total. The zero-order chi connectivity index (χ0) is 6.81. The first kappa shape index (κ1) is 7.66. The van der Waals surface area contributed by atoms with Gasteiger partial charge in [0.2, 0.25) is 0 Å². The lowest BCUT2D eigenvalue weighted by Gasteiger charge is -1.90. The summed E-state index contributed by atoms with van der Waals surface area (Å²) in [6.45, 7) is 0. The standard InChI is InChI=1S/C8H6N2.CH4/c1-2-4-8-7(3-1)5-9-6-10-8;/h1-6H;1H4. The van der Waals surface area contributed by atoms with Crippen LogP contribution in [-0.4, -0.2) is 9.97 Å². The molecule has 2 aromatic rings. The molecule has 0 saturated carbocycles. The van der Waals surface area contributed by atoms with Crippen molar-refractivity contribution in [3.63, 3.8) is 0 Å². The zero-order valence-electron chi connectivity index (χ0n) is 5.36. The Hall–Kier alpha value is -1.44. The van der Waals surface area contributed by atoms with E-state index < -0.39 is 0 Å². The molecule has 0 aliphatic rings. The first-order chi connectivity index (χ1) is 4.97. The molecule has 0 spiro atoms. The molecule has 0 bridgehead atoms. The van der Waals surface area contributed by atoms with Crippen LogP contribution in [-0.2, 0) is 0 Å². The highest BCUT2D eigenvalue weighted by Crippen LogP contribution is 2.06. The SMILES string of the molecule is C.c1ccc2ncncc2c1. The third kappa shape index (κ3) is 1.34. The van der Waals surface area contributed by atoms with E-state index in [-0.39, 0.29) is 7.43 Å². The predicted molar refractivity (Wildman–Crippen MR) is 46.3 cm³/mol. The van der Waals surface area contributed by atoms with Gasteiger partial charge in [-0.2, -0.15) is 0 Å². The molecule has 2 heteroatoms. The minimum Gasteiger partial charge on any atom is -0.244 e. The first-order valence-corrected chi connectivity index (χ1v) is 3.11. The van der Waals surface area contributed by atoms with Crippen molar-refractivity contribution < 1.29 is 0 Å². The van der Waals surface area contributed by atoms with Crippen molar-refractivity contribution in [1.82, 2.24) is 9.97 Å². The van der Waals surface area contributed by atoms with Crippen LogP contribution in [0.15, 0.2) is 36.8 Å². The van der Waals surface area contributed by atoms with Gasteiger partial charge in [-0.1, -0.05) is 25.6 Å². The van der Waals surface area contributed by atoms with Crippen LogP contribution in [0.5, 0.6) is 0 Å². The summed E-state index contributed by atoms with van der Waals surface area (Å²) >= 11 is 0. The Morgan fingerprint density at radius 1 is 1.09 bits per heavy atom. The fourth-order valence-corrected chi connectivity index (χ4v) is 0.923. The molecule has 1 aromatic heterocycles. The van der Waals surface area contributed by atoms with Gasteiger partial charge in [-0.25, -0.2) is 9.97 Å². The Kier molecular flexibility index (Phi) is 2.16. The summed E-state index contributed by atoms with van der Waals surface area (Å²) in [7, 11) is 0. The van der Waals surface area contributed by atoms with Crippen LogP contribution in [0.4, 0.5) is 0 Å².